The molecule has 11 nitrogen and oxygen atoms in total. The number of carbonyl (C=O) groups is 1. The molecule has 1 amide bonds. The van der Waals surface area contributed by atoms with Crippen LogP contribution in [0.1, 0.15) is 51.7 Å². The maximum Gasteiger partial charge on any atom is 0.267 e. The van der Waals surface area contributed by atoms with Crippen LogP contribution in [0.4, 0.5) is 11.6 Å². The Labute approximate surface area is 248 Å². The molecular weight excluding hydrogens is 542 g/mol. The van der Waals surface area contributed by atoms with E-state index in [1.807, 2.05) is 57.3 Å². The number of nitrogen functional groups attached to an aromatic ring is 1. The number of hydrogen-bond acceptors (Lipinski definition) is 7. The Balaban J connectivity index is 1.65. The molecule has 3 heterocycles. The first-order valence-corrected chi connectivity index (χ1v) is 13.5. The summed E-state index contributed by atoms with van der Waals surface area (Å²) < 4.78 is 4.70. The van der Waals surface area contributed by atoms with Crippen molar-refractivity contribution in [1.82, 2.24) is 34.4 Å². The van der Waals surface area contributed by atoms with Crippen LogP contribution < -0.4 is 16.6 Å². The smallest absolute Gasteiger partial charge is 0.267 e. The lowest BCUT2D eigenvalue weighted by molar-refractivity contribution is 0.0939. The minimum Gasteiger partial charge on any atom is -0.381 e. The Kier molecular flexibility index (Phi) is 7.77. The molecule has 216 valence electrons. The lowest BCUT2D eigenvalue weighted by atomic mass is 10.1. The Morgan fingerprint density at radius 2 is 1.81 bits per heavy atom. The summed E-state index contributed by atoms with van der Waals surface area (Å²) in [6, 6.07) is 13.8. The van der Waals surface area contributed by atoms with Gasteiger partial charge in [-0.25, -0.2) is 14.7 Å². The number of hydrogen-bond donors (Lipinski definition) is 2. The number of aryl methyl sites for hydroxylation is 3. The minimum atomic E-state index is -0.712. The lowest BCUT2D eigenvalue weighted by Gasteiger charge is -2.20. The maximum atomic E-state index is 14.3. The average Bonchev–Trinajstić information content (AvgIpc) is 3.41. The summed E-state index contributed by atoms with van der Waals surface area (Å²) in [5, 5.41) is 11.9. The van der Waals surface area contributed by atoms with Crippen LogP contribution in [0, 0.1) is 25.7 Å². The molecule has 5 aromatic rings. The first-order chi connectivity index (χ1) is 20.6. The monoisotopic (exact) mass is 573 g/mol. The number of anilines is 1. The third-order valence-electron chi connectivity index (χ3n) is 7.08. The fourth-order valence-electron chi connectivity index (χ4n) is 4.91. The number of allylic oxidation sites excluding steroid dienone is 1. The maximum absolute atomic E-state index is 14.3. The van der Waals surface area contributed by atoms with E-state index in [0.29, 0.717) is 28.0 Å². The van der Waals surface area contributed by atoms with Crippen LogP contribution in [-0.2, 0) is 14.1 Å². The SMILES string of the molecule is C=C/C=N\c1c(C(=O)NC(C)c2nc3cccc(C#Cc4c(C)nn(C)c4C)c3c(=O)n2-c2ccccc2)c(N)nn1C. The van der Waals surface area contributed by atoms with Gasteiger partial charge >= 0.3 is 0 Å². The summed E-state index contributed by atoms with van der Waals surface area (Å²) in [5.41, 5.74) is 10.0. The second-order valence-electron chi connectivity index (χ2n) is 9.98. The molecule has 0 bridgehead atoms. The van der Waals surface area contributed by atoms with E-state index in [0.717, 1.165) is 17.0 Å². The van der Waals surface area contributed by atoms with E-state index in [4.69, 9.17) is 10.7 Å². The van der Waals surface area contributed by atoms with E-state index < -0.39 is 11.9 Å². The average molecular weight is 574 g/mol. The third-order valence-corrected chi connectivity index (χ3v) is 7.08. The van der Waals surface area contributed by atoms with Crippen molar-refractivity contribution in [3.8, 4) is 17.5 Å². The zero-order valence-electron chi connectivity index (χ0n) is 24.6. The molecule has 0 aliphatic heterocycles. The molecule has 5 rings (SSSR count). The van der Waals surface area contributed by atoms with Crippen LogP contribution >= 0.6 is 0 Å². The predicted octanol–water partition coefficient (Wildman–Crippen LogP) is 3.83. The number of fused-ring (bicyclic) bond motifs is 1. The van der Waals surface area contributed by atoms with Crippen molar-refractivity contribution in [2.75, 3.05) is 5.73 Å². The molecule has 2 aromatic carbocycles. The normalized spacial score (nSPS) is 11.8. The van der Waals surface area contributed by atoms with Crippen molar-refractivity contribution in [2.45, 2.75) is 26.8 Å². The molecule has 0 radical (unpaired) electrons. The molecule has 0 aliphatic rings. The summed E-state index contributed by atoms with van der Waals surface area (Å²) in [6.07, 6.45) is 2.94. The summed E-state index contributed by atoms with van der Waals surface area (Å²) in [6.45, 7) is 9.23. The highest BCUT2D eigenvalue weighted by Crippen LogP contribution is 2.26. The number of nitrogens with zero attached hydrogens (tertiary/aromatic N) is 7. The Hall–Kier alpha value is -5.76. The highest BCUT2D eigenvalue weighted by molar-refractivity contribution is 6.03. The zero-order chi connectivity index (χ0) is 30.8. The highest BCUT2D eigenvalue weighted by atomic mass is 16.2. The lowest BCUT2D eigenvalue weighted by Crippen LogP contribution is -2.33. The molecule has 3 N–H and O–H groups in total. The van der Waals surface area contributed by atoms with Gasteiger partial charge in [0.25, 0.3) is 11.5 Å². The number of aromatic nitrogens is 6. The number of nitrogens with two attached hydrogens (primary N) is 1. The molecule has 1 atom stereocenters. The second-order valence-corrected chi connectivity index (χ2v) is 9.98. The summed E-state index contributed by atoms with van der Waals surface area (Å²) in [7, 11) is 3.51. The quantitative estimate of drug-likeness (QED) is 0.234. The largest absolute Gasteiger partial charge is 0.381 e. The van der Waals surface area contributed by atoms with Gasteiger partial charge in [0.2, 0.25) is 0 Å². The number of para-hydroxylation sites is 1. The van der Waals surface area contributed by atoms with Gasteiger partial charge in [-0.3, -0.25) is 18.8 Å². The van der Waals surface area contributed by atoms with Crippen LogP contribution in [-0.4, -0.2) is 41.2 Å². The van der Waals surface area contributed by atoms with E-state index in [9.17, 15) is 9.59 Å². The first-order valence-electron chi connectivity index (χ1n) is 13.5. The molecule has 1 unspecified atom stereocenters. The van der Waals surface area contributed by atoms with Gasteiger partial charge in [-0.15, -0.1) is 0 Å². The molecule has 0 spiro atoms. The van der Waals surface area contributed by atoms with Crippen molar-refractivity contribution in [2.24, 2.45) is 19.1 Å². The predicted molar refractivity (Wildman–Crippen MR) is 168 cm³/mol. The van der Waals surface area contributed by atoms with Gasteiger partial charge in [-0.1, -0.05) is 48.8 Å². The summed E-state index contributed by atoms with van der Waals surface area (Å²) >= 11 is 0. The standard InChI is InChI=1S/C32H31N9O2/c1-7-18-34-30-27(28(33)38-40(30)6)31(42)35-20(3)29-36-25-15-11-12-22(16-17-24-19(2)37-39(5)21(24)4)26(25)32(43)41(29)23-13-9-8-10-14-23/h7-15,18,20H,1H2,2-6H3,(H2,33,38)(H,35,42)/b34-18-. The number of rotatable bonds is 6. The second kappa shape index (κ2) is 11.6. The number of aliphatic imine (C=N–C) groups is 1. The Bertz CT molecular complexity index is 2040. The van der Waals surface area contributed by atoms with E-state index >= 15 is 0 Å². The molecule has 0 fully saturated rings. The first kappa shape index (κ1) is 28.8. The fourth-order valence-corrected chi connectivity index (χ4v) is 4.91. The molecule has 0 saturated heterocycles. The van der Waals surface area contributed by atoms with E-state index in [1.54, 1.807) is 30.8 Å². The van der Waals surface area contributed by atoms with Gasteiger partial charge in [0.15, 0.2) is 11.6 Å². The van der Waals surface area contributed by atoms with Crippen LogP contribution in [0.15, 0.2) is 71.0 Å². The van der Waals surface area contributed by atoms with Crippen molar-refractivity contribution in [3.63, 3.8) is 0 Å². The number of amides is 1. The summed E-state index contributed by atoms with van der Waals surface area (Å²) in [4.78, 5) is 36.9. The van der Waals surface area contributed by atoms with Gasteiger partial charge in [0.1, 0.15) is 11.4 Å². The number of carbonyl (C=O) groups excluding carboxylic acids is 1. The van der Waals surface area contributed by atoms with Crippen molar-refractivity contribution >= 4 is 34.7 Å². The van der Waals surface area contributed by atoms with Crippen LogP contribution in [0.5, 0.6) is 0 Å². The van der Waals surface area contributed by atoms with Crippen LogP contribution in [0.2, 0.25) is 0 Å². The molecule has 0 aliphatic carbocycles. The van der Waals surface area contributed by atoms with Crippen molar-refractivity contribution < 1.29 is 4.79 Å². The minimum absolute atomic E-state index is 0.0256. The topological polar surface area (TPSA) is 138 Å². The van der Waals surface area contributed by atoms with E-state index in [-0.39, 0.29) is 22.8 Å². The number of benzene rings is 2. The Morgan fingerprint density at radius 1 is 1.07 bits per heavy atom. The molecule has 0 saturated carbocycles. The Morgan fingerprint density at radius 3 is 2.49 bits per heavy atom. The highest BCUT2D eigenvalue weighted by Gasteiger charge is 2.25. The van der Waals surface area contributed by atoms with Crippen LogP contribution in [0.3, 0.4) is 0 Å². The van der Waals surface area contributed by atoms with Gasteiger partial charge < -0.3 is 11.1 Å². The van der Waals surface area contributed by atoms with Crippen molar-refractivity contribution in [1.29, 1.82) is 0 Å². The van der Waals surface area contributed by atoms with Crippen molar-refractivity contribution in [3.05, 3.63) is 105 Å². The number of nitrogens with one attached hydrogen (secondary N) is 1. The molecule has 11 heteroatoms. The molecule has 3 aromatic heterocycles. The van der Waals surface area contributed by atoms with Gasteiger partial charge in [-0.05, 0) is 45.0 Å². The van der Waals surface area contributed by atoms with E-state index in [2.05, 4.69) is 38.9 Å². The molecular formula is C32H31N9O2. The van der Waals surface area contributed by atoms with Gasteiger partial charge in [0, 0.05) is 25.9 Å². The zero-order valence-corrected chi connectivity index (χ0v) is 24.6. The third kappa shape index (κ3) is 5.34. The van der Waals surface area contributed by atoms with Crippen LogP contribution in [0.25, 0.3) is 16.6 Å². The van der Waals surface area contributed by atoms with Gasteiger partial charge in [0.05, 0.1) is 39.6 Å². The fraction of sp³-hybridized carbons (Fsp3) is 0.188. The summed E-state index contributed by atoms with van der Waals surface area (Å²) in [5.74, 6) is 6.51. The van der Waals surface area contributed by atoms with E-state index in [1.165, 1.54) is 21.5 Å². The molecule has 43 heavy (non-hydrogen) atoms. The van der Waals surface area contributed by atoms with Gasteiger partial charge in [-0.2, -0.15) is 10.2 Å².